The van der Waals surface area contributed by atoms with Gasteiger partial charge in [-0.25, -0.2) is 0 Å². The van der Waals surface area contributed by atoms with E-state index in [9.17, 15) is 4.79 Å². The molecule has 116 valence electrons. The number of fused-ring (bicyclic) bond motifs is 1. The van der Waals surface area contributed by atoms with Crippen molar-refractivity contribution >= 4 is 5.91 Å². The van der Waals surface area contributed by atoms with Crippen molar-refractivity contribution in [3.8, 4) is 11.5 Å². The minimum Gasteiger partial charge on any atom is -0.493 e. The van der Waals surface area contributed by atoms with Gasteiger partial charge in [0.05, 0.1) is 14.2 Å². The van der Waals surface area contributed by atoms with Gasteiger partial charge in [-0.3, -0.25) is 4.79 Å². The number of benzene rings is 1. The molecule has 1 aliphatic rings. The van der Waals surface area contributed by atoms with E-state index in [1.165, 1.54) is 5.56 Å². The number of carbonyl (C=O) groups is 1. The summed E-state index contributed by atoms with van der Waals surface area (Å²) in [6.45, 7) is 6.93. The SMILES string of the molecule is CCCC(=O)N1Cc2cc(OC)c(OC)cc2CC1(C)C. The van der Waals surface area contributed by atoms with E-state index in [4.69, 9.17) is 9.47 Å². The molecule has 1 aromatic rings. The zero-order valence-electron chi connectivity index (χ0n) is 13.7. The van der Waals surface area contributed by atoms with E-state index in [0.717, 1.165) is 29.9 Å². The predicted molar refractivity (Wildman–Crippen MR) is 82.8 cm³/mol. The minimum absolute atomic E-state index is 0.168. The second-order valence-electron chi connectivity index (χ2n) is 6.19. The molecule has 0 unspecified atom stereocenters. The Kier molecular flexibility index (Phi) is 4.45. The largest absolute Gasteiger partial charge is 0.493 e. The number of nitrogens with zero attached hydrogens (tertiary/aromatic N) is 1. The summed E-state index contributed by atoms with van der Waals surface area (Å²) in [4.78, 5) is 14.4. The summed E-state index contributed by atoms with van der Waals surface area (Å²) in [6, 6.07) is 4.03. The highest BCUT2D eigenvalue weighted by molar-refractivity contribution is 5.77. The molecule has 0 saturated carbocycles. The third kappa shape index (κ3) is 2.99. The molecule has 4 nitrogen and oxygen atoms in total. The molecule has 1 heterocycles. The lowest BCUT2D eigenvalue weighted by molar-refractivity contribution is -0.138. The van der Waals surface area contributed by atoms with Crippen LogP contribution in [0.5, 0.6) is 11.5 Å². The fraction of sp³-hybridized carbons (Fsp3) is 0.588. The Balaban J connectivity index is 2.39. The first-order valence-electron chi connectivity index (χ1n) is 7.47. The van der Waals surface area contributed by atoms with Crippen LogP contribution >= 0.6 is 0 Å². The highest BCUT2D eigenvalue weighted by atomic mass is 16.5. The molecule has 1 aromatic carbocycles. The number of rotatable bonds is 4. The van der Waals surface area contributed by atoms with E-state index < -0.39 is 0 Å². The minimum atomic E-state index is -0.168. The number of ether oxygens (including phenoxy) is 2. The van der Waals surface area contributed by atoms with E-state index in [1.54, 1.807) is 14.2 Å². The van der Waals surface area contributed by atoms with Crippen molar-refractivity contribution in [1.82, 2.24) is 4.90 Å². The number of carbonyl (C=O) groups excluding carboxylic acids is 1. The lowest BCUT2D eigenvalue weighted by atomic mass is 9.85. The van der Waals surface area contributed by atoms with Crippen LogP contribution in [0.1, 0.15) is 44.7 Å². The maximum atomic E-state index is 12.4. The molecular formula is C17H25NO3. The molecule has 21 heavy (non-hydrogen) atoms. The Labute approximate surface area is 127 Å². The van der Waals surface area contributed by atoms with Crippen LogP contribution in [0.15, 0.2) is 12.1 Å². The second-order valence-corrected chi connectivity index (χ2v) is 6.19. The molecule has 1 amide bonds. The van der Waals surface area contributed by atoms with E-state index in [1.807, 2.05) is 24.0 Å². The van der Waals surface area contributed by atoms with Crippen molar-refractivity contribution < 1.29 is 14.3 Å². The van der Waals surface area contributed by atoms with Crippen LogP contribution in [0.2, 0.25) is 0 Å². The standard InChI is InChI=1S/C17H25NO3/c1-6-7-16(19)18-11-13-9-15(21-5)14(20-4)8-12(13)10-17(18,2)3/h8-9H,6-7,10-11H2,1-5H3. The number of hydrogen-bond donors (Lipinski definition) is 0. The first-order valence-corrected chi connectivity index (χ1v) is 7.47. The van der Waals surface area contributed by atoms with Gasteiger partial charge in [-0.15, -0.1) is 0 Å². The Morgan fingerprint density at radius 1 is 1.19 bits per heavy atom. The molecule has 0 fully saturated rings. The van der Waals surface area contributed by atoms with Gasteiger partial charge in [-0.05, 0) is 49.9 Å². The highest BCUT2D eigenvalue weighted by Crippen LogP contribution is 2.38. The van der Waals surface area contributed by atoms with Gasteiger partial charge in [0.1, 0.15) is 0 Å². The maximum absolute atomic E-state index is 12.4. The van der Waals surface area contributed by atoms with Crippen LogP contribution in [0.3, 0.4) is 0 Å². The molecule has 4 heteroatoms. The van der Waals surface area contributed by atoms with Crippen LogP contribution in [-0.2, 0) is 17.8 Å². The number of methoxy groups -OCH3 is 2. The Morgan fingerprint density at radius 2 is 1.76 bits per heavy atom. The summed E-state index contributed by atoms with van der Waals surface area (Å²) in [7, 11) is 3.28. The Bertz CT molecular complexity index is 537. The van der Waals surface area contributed by atoms with Crippen LogP contribution < -0.4 is 9.47 Å². The van der Waals surface area contributed by atoms with E-state index in [-0.39, 0.29) is 11.4 Å². The summed E-state index contributed by atoms with van der Waals surface area (Å²) in [5, 5.41) is 0. The first-order chi connectivity index (χ1) is 9.92. The van der Waals surface area contributed by atoms with Gasteiger partial charge < -0.3 is 14.4 Å². The van der Waals surface area contributed by atoms with Crippen LogP contribution in [0.25, 0.3) is 0 Å². The van der Waals surface area contributed by atoms with Crippen molar-refractivity contribution in [3.05, 3.63) is 23.3 Å². The normalized spacial score (nSPS) is 16.3. The van der Waals surface area contributed by atoms with Crippen molar-refractivity contribution in [2.45, 2.75) is 52.1 Å². The number of hydrogen-bond acceptors (Lipinski definition) is 3. The lowest BCUT2D eigenvalue weighted by Crippen LogP contribution is -2.51. The summed E-state index contributed by atoms with van der Waals surface area (Å²) in [5.41, 5.74) is 2.22. The third-order valence-corrected chi connectivity index (χ3v) is 4.15. The van der Waals surface area contributed by atoms with Gasteiger partial charge in [-0.2, -0.15) is 0 Å². The Morgan fingerprint density at radius 3 is 2.29 bits per heavy atom. The summed E-state index contributed by atoms with van der Waals surface area (Å²) < 4.78 is 10.7. The molecule has 0 atom stereocenters. The number of amides is 1. The van der Waals surface area contributed by atoms with Gasteiger partial charge in [0.2, 0.25) is 5.91 Å². The fourth-order valence-electron chi connectivity index (χ4n) is 3.00. The molecule has 0 N–H and O–H groups in total. The van der Waals surface area contributed by atoms with E-state index in [0.29, 0.717) is 13.0 Å². The highest BCUT2D eigenvalue weighted by Gasteiger charge is 2.36. The monoisotopic (exact) mass is 291 g/mol. The topological polar surface area (TPSA) is 38.8 Å². The van der Waals surface area contributed by atoms with Crippen LogP contribution in [-0.4, -0.2) is 30.6 Å². The molecule has 0 aliphatic carbocycles. The molecule has 0 bridgehead atoms. The van der Waals surface area contributed by atoms with E-state index >= 15 is 0 Å². The maximum Gasteiger partial charge on any atom is 0.223 e. The van der Waals surface area contributed by atoms with Crippen LogP contribution in [0, 0.1) is 0 Å². The third-order valence-electron chi connectivity index (χ3n) is 4.15. The fourth-order valence-corrected chi connectivity index (χ4v) is 3.00. The van der Waals surface area contributed by atoms with Gasteiger partial charge in [-0.1, -0.05) is 6.92 Å². The van der Waals surface area contributed by atoms with Crippen molar-refractivity contribution in [2.24, 2.45) is 0 Å². The molecular weight excluding hydrogens is 266 g/mol. The van der Waals surface area contributed by atoms with Crippen LogP contribution in [0.4, 0.5) is 0 Å². The molecule has 1 aliphatic heterocycles. The Hall–Kier alpha value is -1.71. The molecule has 2 rings (SSSR count). The zero-order chi connectivity index (χ0) is 15.6. The van der Waals surface area contributed by atoms with Gasteiger partial charge >= 0.3 is 0 Å². The van der Waals surface area contributed by atoms with Gasteiger partial charge in [0.25, 0.3) is 0 Å². The molecule has 0 radical (unpaired) electrons. The average Bonchev–Trinajstić information content (AvgIpc) is 2.44. The van der Waals surface area contributed by atoms with Gasteiger partial charge in [0, 0.05) is 18.5 Å². The smallest absolute Gasteiger partial charge is 0.223 e. The molecule has 0 spiro atoms. The van der Waals surface area contributed by atoms with E-state index in [2.05, 4.69) is 13.8 Å². The molecule has 0 saturated heterocycles. The molecule has 0 aromatic heterocycles. The van der Waals surface area contributed by atoms with Crippen molar-refractivity contribution in [3.63, 3.8) is 0 Å². The quantitative estimate of drug-likeness (QED) is 0.855. The lowest BCUT2D eigenvalue weighted by Gasteiger charge is -2.43. The first kappa shape index (κ1) is 15.7. The van der Waals surface area contributed by atoms with Crippen molar-refractivity contribution in [2.75, 3.05) is 14.2 Å². The van der Waals surface area contributed by atoms with Crippen molar-refractivity contribution in [1.29, 1.82) is 0 Å². The zero-order valence-corrected chi connectivity index (χ0v) is 13.7. The summed E-state index contributed by atoms with van der Waals surface area (Å²) in [6.07, 6.45) is 2.31. The summed E-state index contributed by atoms with van der Waals surface area (Å²) >= 11 is 0. The average molecular weight is 291 g/mol. The van der Waals surface area contributed by atoms with Gasteiger partial charge in [0.15, 0.2) is 11.5 Å². The predicted octanol–water partition coefficient (Wildman–Crippen LogP) is 3.17. The summed E-state index contributed by atoms with van der Waals surface area (Å²) in [5.74, 6) is 1.70. The second kappa shape index (κ2) is 5.96.